The van der Waals surface area contributed by atoms with Crippen molar-refractivity contribution < 1.29 is 19.1 Å². The van der Waals surface area contributed by atoms with Crippen LogP contribution in [0.1, 0.15) is 36.5 Å². The topological polar surface area (TPSA) is 67.9 Å². The van der Waals surface area contributed by atoms with E-state index in [1.165, 1.54) is 6.42 Å². The van der Waals surface area contributed by atoms with Gasteiger partial charge in [-0.1, -0.05) is 12.1 Å². The van der Waals surface area contributed by atoms with E-state index in [4.69, 9.17) is 9.47 Å². The van der Waals surface area contributed by atoms with Crippen LogP contribution in [0.3, 0.4) is 0 Å². The van der Waals surface area contributed by atoms with Gasteiger partial charge in [0.05, 0.1) is 24.9 Å². The number of carbonyl (C=O) groups excluding carboxylic acids is 2. The van der Waals surface area contributed by atoms with Gasteiger partial charge in [0.1, 0.15) is 11.8 Å². The number of para-hydroxylation sites is 1. The predicted molar refractivity (Wildman–Crippen MR) is 89.0 cm³/mol. The van der Waals surface area contributed by atoms with Gasteiger partial charge in [0.25, 0.3) is 5.91 Å². The van der Waals surface area contributed by atoms with E-state index in [9.17, 15) is 9.59 Å². The average Bonchev–Trinajstić information content (AvgIpc) is 2.58. The van der Waals surface area contributed by atoms with E-state index < -0.39 is 6.04 Å². The van der Waals surface area contributed by atoms with E-state index in [1.54, 1.807) is 24.0 Å². The van der Waals surface area contributed by atoms with Crippen LogP contribution in [0.5, 0.6) is 5.75 Å². The zero-order chi connectivity index (χ0) is 16.9. The highest BCUT2D eigenvalue weighted by Gasteiger charge is 2.26. The van der Waals surface area contributed by atoms with Gasteiger partial charge in [-0.15, -0.1) is 0 Å². The molecule has 6 heteroatoms. The fraction of sp³-hybridized carbons (Fsp3) is 0.556. The molecule has 1 aromatic rings. The van der Waals surface area contributed by atoms with Gasteiger partial charge in [0.2, 0.25) is 5.91 Å². The third-order valence-electron chi connectivity index (χ3n) is 4.52. The first-order chi connectivity index (χ1) is 11.6. The number of hydrogen-bond donors (Lipinski definition) is 1. The second-order valence-electron chi connectivity index (χ2n) is 6.30. The van der Waals surface area contributed by atoms with E-state index in [1.807, 2.05) is 12.1 Å². The Morgan fingerprint density at radius 2 is 1.96 bits per heavy atom. The first kappa shape index (κ1) is 16.8. The van der Waals surface area contributed by atoms with Crippen molar-refractivity contribution in [2.45, 2.75) is 38.3 Å². The third-order valence-corrected chi connectivity index (χ3v) is 4.52. The molecular formula is C18H24N2O4. The fourth-order valence-electron chi connectivity index (χ4n) is 2.82. The quantitative estimate of drug-likeness (QED) is 0.889. The molecule has 1 aromatic carbocycles. The average molecular weight is 332 g/mol. The Bertz CT molecular complexity index is 594. The number of nitrogens with one attached hydrogen (secondary N) is 1. The molecule has 1 saturated carbocycles. The first-order valence-electron chi connectivity index (χ1n) is 8.58. The van der Waals surface area contributed by atoms with Gasteiger partial charge in [0, 0.05) is 13.1 Å². The van der Waals surface area contributed by atoms with Crippen LogP contribution >= 0.6 is 0 Å². The van der Waals surface area contributed by atoms with Gasteiger partial charge < -0.3 is 19.7 Å². The van der Waals surface area contributed by atoms with Crippen LogP contribution in [-0.4, -0.2) is 55.2 Å². The van der Waals surface area contributed by atoms with Crippen molar-refractivity contribution in [2.24, 2.45) is 0 Å². The molecule has 0 unspecified atom stereocenters. The lowest BCUT2D eigenvalue weighted by molar-refractivity contribution is -0.136. The number of nitrogens with zero attached hydrogens (tertiary/aromatic N) is 1. The summed E-state index contributed by atoms with van der Waals surface area (Å²) in [6, 6.07) is 6.62. The lowest BCUT2D eigenvalue weighted by atomic mass is 9.96. The number of benzene rings is 1. The van der Waals surface area contributed by atoms with Crippen molar-refractivity contribution in [3.8, 4) is 5.75 Å². The molecule has 1 heterocycles. The molecule has 0 radical (unpaired) electrons. The molecule has 130 valence electrons. The van der Waals surface area contributed by atoms with Crippen LogP contribution in [0, 0.1) is 0 Å². The molecule has 0 bridgehead atoms. The van der Waals surface area contributed by atoms with E-state index >= 15 is 0 Å². The van der Waals surface area contributed by atoms with E-state index in [0.717, 1.165) is 12.8 Å². The van der Waals surface area contributed by atoms with Crippen molar-refractivity contribution in [3.05, 3.63) is 29.8 Å². The molecule has 6 nitrogen and oxygen atoms in total. The molecule has 0 spiro atoms. The van der Waals surface area contributed by atoms with E-state index in [-0.39, 0.29) is 17.9 Å². The van der Waals surface area contributed by atoms with E-state index in [2.05, 4.69) is 5.32 Å². The SMILES string of the molecule is C[C@H](NC(=O)c1ccccc1OC1CCC1)C(=O)N1CCOCC1. The third kappa shape index (κ3) is 3.87. The molecule has 1 aliphatic heterocycles. The Morgan fingerprint density at radius 3 is 2.62 bits per heavy atom. The van der Waals surface area contributed by atoms with Crippen LogP contribution in [0.15, 0.2) is 24.3 Å². The molecule has 1 N–H and O–H groups in total. The molecule has 2 fully saturated rings. The van der Waals surface area contributed by atoms with Crippen molar-refractivity contribution in [1.82, 2.24) is 10.2 Å². The van der Waals surface area contributed by atoms with Crippen molar-refractivity contribution in [1.29, 1.82) is 0 Å². The minimum absolute atomic E-state index is 0.0796. The highest BCUT2D eigenvalue weighted by atomic mass is 16.5. The van der Waals surface area contributed by atoms with Crippen LogP contribution in [0.2, 0.25) is 0 Å². The van der Waals surface area contributed by atoms with Gasteiger partial charge >= 0.3 is 0 Å². The summed E-state index contributed by atoms with van der Waals surface area (Å²) in [5, 5.41) is 2.79. The first-order valence-corrected chi connectivity index (χ1v) is 8.58. The fourth-order valence-corrected chi connectivity index (χ4v) is 2.82. The molecule has 2 aliphatic rings. The number of amides is 2. The second kappa shape index (κ2) is 7.66. The maximum absolute atomic E-state index is 12.6. The monoisotopic (exact) mass is 332 g/mol. The normalized spacial score (nSPS) is 19.3. The standard InChI is InChI=1S/C18H24N2O4/c1-13(18(22)20-9-11-23-12-10-20)19-17(21)15-7-2-3-8-16(15)24-14-5-4-6-14/h2-3,7-8,13-14H,4-6,9-12H2,1H3,(H,19,21)/t13-/m0/s1. The van der Waals surface area contributed by atoms with Crippen molar-refractivity contribution in [2.75, 3.05) is 26.3 Å². The number of hydrogen-bond acceptors (Lipinski definition) is 4. The molecule has 1 saturated heterocycles. The summed E-state index contributed by atoms with van der Waals surface area (Å²) in [7, 11) is 0. The van der Waals surface area contributed by atoms with Crippen LogP contribution in [0.4, 0.5) is 0 Å². The summed E-state index contributed by atoms with van der Waals surface area (Å²) in [4.78, 5) is 26.7. The van der Waals surface area contributed by atoms with Gasteiger partial charge in [-0.3, -0.25) is 9.59 Å². The van der Waals surface area contributed by atoms with Gasteiger partial charge in [-0.05, 0) is 38.3 Å². The summed E-state index contributed by atoms with van der Waals surface area (Å²) >= 11 is 0. The second-order valence-corrected chi connectivity index (χ2v) is 6.30. The summed E-state index contributed by atoms with van der Waals surface area (Å²) in [5.41, 5.74) is 0.478. The maximum Gasteiger partial charge on any atom is 0.255 e. The van der Waals surface area contributed by atoms with E-state index in [0.29, 0.717) is 37.6 Å². The molecule has 1 aliphatic carbocycles. The summed E-state index contributed by atoms with van der Waals surface area (Å²) in [6.07, 6.45) is 3.43. The predicted octanol–water partition coefficient (Wildman–Crippen LogP) is 1.59. The van der Waals surface area contributed by atoms with Crippen molar-refractivity contribution in [3.63, 3.8) is 0 Å². The summed E-state index contributed by atoms with van der Waals surface area (Å²) in [5.74, 6) is 0.230. The van der Waals surface area contributed by atoms with Gasteiger partial charge in [-0.2, -0.15) is 0 Å². The lowest BCUT2D eigenvalue weighted by Crippen LogP contribution is -2.50. The zero-order valence-electron chi connectivity index (χ0n) is 14.0. The number of rotatable bonds is 5. The minimum Gasteiger partial charge on any atom is -0.490 e. The van der Waals surface area contributed by atoms with Crippen molar-refractivity contribution >= 4 is 11.8 Å². The highest BCUT2D eigenvalue weighted by molar-refractivity contribution is 5.99. The van der Waals surface area contributed by atoms with Crippen LogP contribution in [-0.2, 0) is 9.53 Å². The molecule has 0 aromatic heterocycles. The van der Waals surface area contributed by atoms with Crippen LogP contribution in [0.25, 0.3) is 0 Å². The molecule has 3 rings (SSSR count). The Labute approximate surface area is 142 Å². The Balaban J connectivity index is 1.62. The smallest absolute Gasteiger partial charge is 0.255 e. The Morgan fingerprint density at radius 1 is 1.25 bits per heavy atom. The largest absolute Gasteiger partial charge is 0.490 e. The van der Waals surface area contributed by atoms with Gasteiger partial charge in [0.15, 0.2) is 0 Å². The minimum atomic E-state index is -0.577. The molecule has 2 amide bonds. The number of ether oxygens (including phenoxy) is 2. The number of morpholine rings is 1. The zero-order valence-corrected chi connectivity index (χ0v) is 14.0. The number of carbonyl (C=O) groups is 2. The van der Waals surface area contributed by atoms with Gasteiger partial charge in [-0.25, -0.2) is 0 Å². The van der Waals surface area contributed by atoms with Crippen LogP contribution < -0.4 is 10.1 Å². The molecule has 24 heavy (non-hydrogen) atoms. The summed E-state index contributed by atoms with van der Waals surface area (Å²) in [6.45, 7) is 3.95. The molecular weight excluding hydrogens is 308 g/mol. The Hall–Kier alpha value is -2.08. The highest BCUT2D eigenvalue weighted by Crippen LogP contribution is 2.27. The molecule has 1 atom stereocenters. The lowest BCUT2D eigenvalue weighted by Gasteiger charge is -2.30. The summed E-state index contributed by atoms with van der Waals surface area (Å²) < 4.78 is 11.1. The maximum atomic E-state index is 12.6. The Kier molecular flexibility index (Phi) is 5.35.